The second-order valence-corrected chi connectivity index (χ2v) is 9.43. The highest BCUT2D eigenvalue weighted by Gasteiger charge is 2.29. The molecule has 0 aliphatic carbocycles. The predicted octanol–water partition coefficient (Wildman–Crippen LogP) is 5.00. The van der Waals surface area contributed by atoms with Crippen molar-refractivity contribution in [3.05, 3.63) is 34.8 Å². The Labute approximate surface area is 184 Å². The van der Waals surface area contributed by atoms with Crippen LogP contribution < -0.4 is 4.74 Å². The van der Waals surface area contributed by atoms with Gasteiger partial charge in [0.05, 0.1) is 12.3 Å². The van der Waals surface area contributed by atoms with Crippen molar-refractivity contribution < 1.29 is 9.53 Å². The first kappa shape index (κ1) is 21.3. The van der Waals surface area contributed by atoms with Gasteiger partial charge in [0.1, 0.15) is 15.6 Å². The molecule has 0 unspecified atom stereocenters. The summed E-state index contributed by atoms with van der Waals surface area (Å²) in [5, 5.41) is 0.904. The zero-order chi connectivity index (χ0) is 20.9. The maximum absolute atomic E-state index is 13.2. The number of thiazole rings is 1. The number of rotatable bonds is 6. The van der Waals surface area contributed by atoms with Gasteiger partial charge in [0, 0.05) is 24.7 Å². The van der Waals surface area contributed by atoms with Crippen LogP contribution in [0, 0.1) is 6.92 Å². The molecule has 2 aliphatic heterocycles. The molecule has 162 valence electrons. The van der Waals surface area contributed by atoms with Gasteiger partial charge in [-0.25, -0.2) is 4.98 Å². The van der Waals surface area contributed by atoms with E-state index in [1.165, 1.54) is 43.7 Å². The van der Waals surface area contributed by atoms with Crippen LogP contribution in [-0.4, -0.2) is 59.5 Å². The molecule has 0 N–H and O–H groups in total. The zero-order valence-corrected chi connectivity index (χ0v) is 19.0. The normalized spacial score (nSPS) is 18.5. The van der Waals surface area contributed by atoms with E-state index in [0.717, 1.165) is 65.9 Å². The number of likely N-dealkylation sites (tertiary alicyclic amines) is 2. The number of aromatic nitrogens is 1. The molecule has 2 aromatic rings. The molecule has 2 fully saturated rings. The molecule has 6 heteroatoms. The van der Waals surface area contributed by atoms with Crippen LogP contribution in [0.3, 0.4) is 0 Å². The molecule has 0 radical (unpaired) electrons. The topological polar surface area (TPSA) is 45.7 Å². The van der Waals surface area contributed by atoms with Crippen LogP contribution in [-0.2, 0) is 0 Å². The molecule has 2 saturated heterocycles. The third kappa shape index (κ3) is 4.86. The third-order valence-electron chi connectivity index (χ3n) is 6.22. The summed E-state index contributed by atoms with van der Waals surface area (Å²) in [7, 11) is 0. The lowest BCUT2D eigenvalue weighted by Gasteiger charge is -2.40. The number of carbonyl (C=O) groups excluding carboxylic acids is 1. The highest BCUT2D eigenvalue weighted by Crippen LogP contribution is 2.31. The molecule has 0 saturated carbocycles. The van der Waals surface area contributed by atoms with Crippen molar-refractivity contribution >= 4 is 17.2 Å². The molecule has 2 aliphatic rings. The number of carbonyl (C=O) groups is 1. The van der Waals surface area contributed by atoms with E-state index in [1.807, 2.05) is 36.1 Å². The van der Waals surface area contributed by atoms with E-state index in [2.05, 4.69) is 11.8 Å². The molecule has 1 aromatic carbocycles. The summed E-state index contributed by atoms with van der Waals surface area (Å²) in [5.74, 6) is 1.03. The van der Waals surface area contributed by atoms with Gasteiger partial charge in [0.2, 0.25) is 0 Å². The van der Waals surface area contributed by atoms with Crippen LogP contribution >= 0.6 is 11.3 Å². The lowest BCUT2D eigenvalue weighted by atomic mass is 10.00. The van der Waals surface area contributed by atoms with Gasteiger partial charge in [-0.3, -0.25) is 4.79 Å². The zero-order valence-electron chi connectivity index (χ0n) is 18.2. The van der Waals surface area contributed by atoms with Crippen molar-refractivity contribution in [1.29, 1.82) is 0 Å². The monoisotopic (exact) mass is 427 g/mol. The first-order valence-electron chi connectivity index (χ1n) is 11.4. The number of hydrogen-bond acceptors (Lipinski definition) is 5. The fourth-order valence-electron chi connectivity index (χ4n) is 4.49. The number of aryl methyl sites for hydroxylation is 1. The summed E-state index contributed by atoms with van der Waals surface area (Å²) in [6.45, 7) is 8.96. The molecular formula is C24H33N3O2S. The Morgan fingerprint density at radius 2 is 1.80 bits per heavy atom. The Kier molecular flexibility index (Phi) is 7.05. The summed E-state index contributed by atoms with van der Waals surface area (Å²) in [4.78, 5) is 23.3. The second kappa shape index (κ2) is 9.92. The van der Waals surface area contributed by atoms with Gasteiger partial charge in [0.15, 0.2) is 0 Å². The molecule has 5 nitrogen and oxygen atoms in total. The number of amides is 1. The Balaban J connectivity index is 1.38. The number of ether oxygens (including phenoxy) is 1. The highest BCUT2D eigenvalue weighted by atomic mass is 32.1. The highest BCUT2D eigenvalue weighted by molar-refractivity contribution is 7.17. The minimum Gasteiger partial charge on any atom is -0.494 e. The molecule has 0 bridgehead atoms. The largest absolute Gasteiger partial charge is 0.494 e. The van der Waals surface area contributed by atoms with Crippen molar-refractivity contribution in [3.63, 3.8) is 0 Å². The molecule has 1 amide bonds. The van der Waals surface area contributed by atoms with E-state index in [-0.39, 0.29) is 5.91 Å². The maximum atomic E-state index is 13.2. The molecule has 3 heterocycles. The Morgan fingerprint density at radius 3 is 2.47 bits per heavy atom. The minimum absolute atomic E-state index is 0.149. The summed E-state index contributed by atoms with van der Waals surface area (Å²) in [6, 6.07) is 8.67. The predicted molar refractivity (Wildman–Crippen MR) is 122 cm³/mol. The van der Waals surface area contributed by atoms with Crippen molar-refractivity contribution in [1.82, 2.24) is 14.8 Å². The van der Waals surface area contributed by atoms with Gasteiger partial charge in [-0.15, -0.1) is 11.3 Å². The lowest BCUT2D eigenvalue weighted by molar-refractivity contribution is 0.0593. The number of nitrogens with zero attached hydrogens (tertiary/aromatic N) is 3. The number of benzene rings is 1. The van der Waals surface area contributed by atoms with Gasteiger partial charge in [-0.2, -0.15) is 0 Å². The third-order valence-corrected chi connectivity index (χ3v) is 7.42. The number of piperidine rings is 2. The molecule has 30 heavy (non-hydrogen) atoms. The first-order chi connectivity index (χ1) is 14.7. The lowest BCUT2D eigenvalue weighted by Crippen LogP contribution is -2.48. The summed E-state index contributed by atoms with van der Waals surface area (Å²) in [5.41, 5.74) is 1.87. The van der Waals surface area contributed by atoms with Crippen LogP contribution in [0.25, 0.3) is 10.6 Å². The van der Waals surface area contributed by atoms with Gasteiger partial charge in [-0.05, 0) is 76.4 Å². The van der Waals surface area contributed by atoms with E-state index >= 15 is 0 Å². The average molecular weight is 428 g/mol. The molecular weight excluding hydrogens is 394 g/mol. The van der Waals surface area contributed by atoms with E-state index in [1.54, 1.807) is 0 Å². The standard InChI is InChI=1S/C24H33N3O2S/c1-3-17-29-21-9-7-19(8-10-21)23-25-18(2)22(30-23)24(28)27-15-11-20(12-16-27)26-13-5-4-6-14-26/h7-10,20H,3-6,11-17H2,1-2H3. The van der Waals surface area contributed by atoms with E-state index < -0.39 is 0 Å². The Morgan fingerprint density at radius 1 is 1.10 bits per heavy atom. The maximum Gasteiger partial charge on any atom is 0.265 e. The van der Waals surface area contributed by atoms with Crippen LogP contribution in [0.1, 0.15) is 60.8 Å². The van der Waals surface area contributed by atoms with Crippen LogP contribution in [0.2, 0.25) is 0 Å². The Hall–Kier alpha value is -1.92. The van der Waals surface area contributed by atoms with Crippen molar-refractivity contribution in [3.8, 4) is 16.3 Å². The van der Waals surface area contributed by atoms with Crippen molar-refractivity contribution in [2.45, 2.75) is 58.4 Å². The van der Waals surface area contributed by atoms with Crippen LogP contribution in [0.4, 0.5) is 0 Å². The van der Waals surface area contributed by atoms with Gasteiger partial charge >= 0.3 is 0 Å². The summed E-state index contributed by atoms with van der Waals surface area (Å²) >= 11 is 1.51. The molecule has 4 rings (SSSR count). The molecule has 0 atom stereocenters. The first-order valence-corrected chi connectivity index (χ1v) is 12.2. The average Bonchev–Trinajstić information content (AvgIpc) is 3.20. The van der Waals surface area contributed by atoms with Crippen LogP contribution in [0.5, 0.6) is 5.75 Å². The van der Waals surface area contributed by atoms with Crippen molar-refractivity contribution in [2.24, 2.45) is 0 Å². The van der Waals surface area contributed by atoms with E-state index in [0.29, 0.717) is 6.04 Å². The smallest absolute Gasteiger partial charge is 0.265 e. The van der Waals surface area contributed by atoms with Gasteiger partial charge < -0.3 is 14.5 Å². The number of hydrogen-bond donors (Lipinski definition) is 0. The van der Waals surface area contributed by atoms with E-state index in [9.17, 15) is 4.79 Å². The Bertz CT molecular complexity index is 835. The van der Waals surface area contributed by atoms with Crippen molar-refractivity contribution in [2.75, 3.05) is 32.8 Å². The van der Waals surface area contributed by atoms with Crippen LogP contribution in [0.15, 0.2) is 24.3 Å². The SMILES string of the molecule is CCCOc1ccc(-c2nc(C)c(C(=O)N3CCC(N4CCCCC4)CC3)s2)cc1. The summed E-state index contributed by atoms with van der Waals surface area (Å²) in [6.07, 6.45) is 7.20. The van der Waals surface area contributed by atoms with Gasteiger partial charge in [-0.1, -0.05) is 13.3 Å². The molecule has 0 spiro atoms. The van der Waals surface area contributed by atoms with Gasteiger partial charge in [0.25, 0.3) is 5.91 Å². The fraction of sp³-hybridized carbons (Fsp3) is 0.583. The van der Waals surface area contributed by atoms with E-state index in [4.69, 9.17) is 9.72 Å². The quantitative estimate of drug-likeness (QED) is 0.651. The fourth-order valence-corrected chi connectivity index (χ4v) is 5.53. The molecule has 1 aromatic heterocycles. The minimum atomic E-state index is 0.149. The second-order valence-electron chi connectivity index (χ2n) is 8.43. The summed E-state index contributed by atoms with van der Waals surface area (Å²) < 4.78 is 5.66.